The molecule has 0 fully saturated rings. The average molecular weight is 365 g/mol. The molecule has 0 amide bonds. The molecule has 1 aromatic heterocycles. The van der Waals surface area contributed by atoms with E-state index >= 15 is 0 Å². The lowest BCUT2D eigenvalue weighted by molar-refractivity contribution is 0.0666. The second-order valence-electron chi connectivity index (χ2n) is 5.70. The molecule has 1 heterocycles. The van der Waals surface area contributed by atoms with Gasteiger partial charge in [-0.3, -0.25) is 0 Å². The van der Waals surface area contributed by atoms with Gasteiger partial charge in [-0.05, 0) is 42.6 Å². The zero-order valence-corrected chi connectivity index (χ0v) is 14.5. The number of benzene rings is 2. The van der Waals surface area contributed by atoms with Crippen LogP contribution in [0.1, 0.15) is 11.8 Å². The Bertz CT molecular complexity index is 947. The first-order valence-corrected chi connectivity index (χ1v) is 9.55. The molecule has 1 unspecified atom stereocenters. The Labute approximate surface area is 143 Å². The molecule has 0 saturated heterocycles. The molecule has 0 saturated carbocycles. The van der Waals surface area contributed by atoms with Crippen LogP contribution in [0.2, 0.25) is 0 Å². The lowest BCUT2D eigenvalue weighted by Crippen LogP contribution is -2.38. The summed E-state index contributed by atoms with van der Waals surface area (Å²) in [4.78, 5) is 0.486. The summed E-state index contributed by atoms with van der Waals surface area (Å²) in [7, 11) is -3.90. The minimum Gasteiger partial charge on any atom is -0.383 e. The van der Waals surface area contributed by atoms with Crippen LogP contribution in [-0.4, -0.2) is 20.1 Å². The van der Waals surface area contributed by atoms with Crippen molar-refractivity contribution in [3.05, 3.63) is 65.3 Å². The summed E-state index contributed by atoms with van der Waals surface area (Å²) in [6.45, 7) is 1.34. The molecule has 0 spiro atoms. The first-order chi connectivity index (χ1) is 11.3. The monoisotopic (exact) mass is 365 g/mol. The molecule has 7 heteroatoms. The highest BCUT2D eigenvalue weighted by molar-refractivity contribution is 7.89. The van der Waals surface area contributed by atoms with Gasteiger partial charge < -0.3 is 5.11 Å². The van der Waals surface area contributed by atoms with Crippen LogP contribution in [0, 0.1) is 5.82 Å². The number of thiophene rings is 1. The second-order valence-corrected chi connectivity index (χ2v) is 8.55. The van der Waals surface area contributed by atoms with E-state index in [-0.39, 0.29) is 11.4 Å². The molecule has 126 valence electrons. The molecule has 0 aliphatic rings. The minimum absolute atomic E-state index is 0.172. The van der Waals surface area contributed by atoms with Crippen LogP contribution >= 0.6 is 11.3 Å². The van der Waals surface area contributed by atoms with Gasteiger partial charge in [-0.25, -0.2) is 17.5 Å². The zero-order chi connectivity index (χ0) is 17.4. The van der Waals surface area contributed by atoms with Crippen LogP contribution in [-0.2, 0) is 15.6 Å². The number of fused-ring (bicyclic) bond motifs is 1. The molecule has 2 N–H and O–H groups in total. The highest BCUT2D eigenvalue weighted by Gasteiger charge is 2.28. The maximum atomic E-state index is 13.2. The van der Waals surface area contributed by atoms with Crippen molar-refractivity contribution in [2.24, 2.45) is 0 Å². The Hall–Kier alpha value is -1.80. The van der Waals surface area contributed by atoms with E-state index in [0.29, 0.717) is 4.88 Å². The lowest BCUT2D eigenvalue weighted by atomic mass is 10.1. The maximum absolute atomic E-state index is 13.2. The van der Waals surface area contributed by atoms with Crippen molar-refractivity contribution in [1.29, 1.82) is 0 Å². The molecule has 1 atom stereocenters. The van der Waals surface area contributed by atoms with Gasteiger partial charge in [0.15, 0.2) is 0 Å². The molecule has 0 bridgehead atoms. The molecule has 0 radical (unpaired) electrons. The predicted molar refractivity (Wildman–Crippen MR) is 93.0 cm³/mol. The van der Waals surface area contributed by atoms with Crippen molar-refractivity contribution in [1.82, 2.24) is 4.72 Å². The van der Waals surface area contributed by atoms with E-state index in [4.69, 9.17) is 0 Å². The Morgan fingerprint density at radius 3 is 2.62 bits per heavy atom. The van der Waals surface area contributed by atoms with Crippen molar-refractivity contribution in [3.8, 4) is 0 Å². The summed E-state index contributed by atoms with van der Waals surface area (Å²) in [6.07, 6.45) is 0. The lowest BCUT2D eigenvalue weighted by Gasteiger charge is -2.22. The zero-order valence-electron chi connectivity index (χ0n) is 12.9. The van der Waals surface area contributed by atoms with Gasteiger partial charge in [0, 0.05) is 16.1 Å². The molecular formula is C17H16FNO3S2. The summed E-state index contributed by atoms with van der Waals surface area (Å²) in [5.74, 6) is -0.630. The fraction of sp³-hybridized carbons (Fsp3) is 0.176. The van der Waals surface area contributed by atoms with E-state index in [1.165, 1.54) is 29.5 Å². The topological polar surface area (TPSA) is 66.4 Å². The highest BCUT2D eigenvalue weighted by atomic mass is 32.2. The number of rotatable bonds is 5. The fourth-order valence-electron chi connectivity index (χ4n) is 2.29. The van der Waals surface area contributed by atoms with Crippen molar-refractivity contribution in [2.75, 3.05) is 6.54 Å². The fourth-order valence-corrected chi connectivity index (χ4v) is 4.56. The van der Waals surface area contributed by atoms with Crippen molar-refractivity contribution in [3.63, 3.8) is 0 Å². The van der Waals surface area contributed by atoms with Crippen molar-refractivity contribution in [2.45, 2.75) is 17.4 Å². The molecule has 4 nitrogen and oxygen atoms in total. The second kappa shape index (κ2) is 6.25. The van der Waals surface area contributed by atoms with Crippen LogP contribution in [0.15, 0.2) is 59.5 Å². The van der Waals surface area contributed by atoms with Gasteiger partial charge in [0.05, 0.1) is 4.90 Å². The molecule has 2 aromatic carbocycles. The quantitative estimate of drug-likeness (QED) is 0.730. The number of sulfonamides is 1. The maximum Gasteiger partial charge on any atom is 0.240 e. The number of hydrogen-bond donors (Lipinski definition) is 2. The third-order valence-electron chi connectivity index (χ3n) is 3.67. The largest absolute Gasteiger partial charge is 0.383 e. The van der Waals surface area contributed by atoms with E-state index in [9.17, 15) is 17.9 Å². The number of aliphatic hydroxyl groups is 1. The smallest absolute Gasteiger partial charge is 0.240 e. The van der Waals surface area contributed by atoms with E-state index in [0.717, 1.165) is 16.2 Å². The minimum atomic E-state index is -3.90. The van der Waals surface area contributed by atoms with Crippen LogP contribution in [0.5, 0.6) is 0 Å². The average Bonchev–Trinajstić information content (AvgIpc) is 2.98. The standard InChI is InChI=1S/C17H16FNO3S2/c1-17(20,16-9-12-5-2-3-8-15(12)23-16)11-19-24(21,22)14-7-4-6-13(18)10-14/h2-10,19-20H,11H2,1H3. The van der Waals surface area contributed by atoms with E-state index in [1.54, 1.807) is 6.92 Å². The molecule has 24 heavy (non-hydrogen) atoms. The van der Waals surface area contributed by atoms with Crippen LogP contribution in [0.3, 0.4) is 0 Å². The predicted octanol–water partition coefficient (Wildman–Crippen LogP) is 3.23. The summed E-state index contributed by atoms with van der Waals surface area (Å²) >= 11 is 1.41. The van der Waals surface area contributed by atoms with Crippen molar-refractivity contribution >= 4 is 31.4 Å². The van der Waals surface area contributed by atoms with Gasteiger partial charge in [0.2, 0.25) is 10.0 Å². The third kappa shape index (κ3) is 3.49. The SMILES string of the molecule is CC(O)(CNS(=O)(=O)c1cccc(F)c1)c1cc2ccccc2s1. The van der Waals surface area contributed by atoms with E-state index in [1.807, 2.05) is 30.3 Å². The molecule has 0 aliphatic carbocycles. The van der Waals surface area contributed by atoms with Crippen LogP contribution in [0.25, 0.3) is 10.1 Å². The van der Waals surface area contributed by atoms with Crippen LogP contribution < -0.4 is 4.72 Å². The van der Waals surface area contributed by atoms with Gasteiger partial charge in [-0.1, -0.05) is 24.3 Å². The molecule has 3 rings (SSSR count). The van der Waals surface area contributed by atoms with Gasteiger partial charge in [0.25, 0.3) is 0 Å². The summed E-state index contributed by atoms with van der Waals surface area (Å²) < 4.78 is 41.1. The Morgan fingerprint density at radius 1 is 1.17 bits per heavy atom. The summed E-state index contributed by atoms with van der Waals surface area (Å²) in [6, 6.07) is 14.3. The van der Waals surface area contributed by atoms with Gasteiger partial charge in [0.1, 0.15) is 11.4 Å². The van der Waals surface area contributed by atoms with Gasteiger partial charge >= 0.3 is 0 Å². The normalized spacial score (nSPS) is 14.6. The summed E-state index contributed by atoms with van der Waals surface area (Å²) in [5.41, 5.74) is -1.37. The Kier molecular flexibility index (Phi) is 4.44. The summed E-state index contributed by atoms with van der Waals surface area (Å²) in [5, 5.41) is 11.7. The Morgan fingerprint density at radius 2 is 1.92 bits per heavy atom. The molecule has 3 aromatic rings. The van der Waals surface area contributed by atoms with Crippen LogP contribution in [0.4, 0.5) is 4.39 Å². The number of halogens is 1. The number of nitrogens with one attached hydrogen (secondary N) is 1. The Balaban J connectivity index is 1.81. The van der Waals surface area contributed by atoms with E-state index in [2.05, 4.69) is 4.72 Å². The van der Waals surface area contributed by atoms with E-state index < -0.39 is 21.4 Å². The van der Waals surface area contributed by atoms with Crippen molar-refractivity contribution < 1.29 is 17.9 Å². The van der Waals surface area contributed by atoms with Gasteiger partial charge in [-0.15, -0.1) is 11.3 Å². The first kappa shape index (κ1) is 17.0. The number of hydrogen-bond acceptors (Lipinski definition) is 4. The first-order valence-electron chi connectivity index (χ1n) is 7.25. The molecular weight excluding hydrogens is 349 g/mol. The third-order valence-corrected chi connectivity index (χ3v) is 6.44. The highest BCUT2D eigenvalue weighted by Crippen LogP contribution is 2.33. The van der Waals surface area contributed by atoms with Gasteiger partial charge in [-0.2, -0.15) is 0 Å². The molecule has 0 aliphatic heterocycles.